The zero-order chi connectivity index (χ0) is 27.8. The third-order valence-corrected chi connectivity index (χ3v) is 6.08. The Bertz CT molecular complexity index is 837. The van der Waals surface area contributed by atoms with Gasteiger partial charge in [-0.2, -0.15) is 0 Å². The van der Waals surface area contributed by atoms with E-state index in [-0.39, 0.29) is 5.91 Å². The van der Waals surface area contributed by atoms with E-state index in [1.807, 2.05) is 38.1 Å². The van der Waals surface area contributed by atoms with Gasteiger partial charge in [-0.25, -0.2) is 4.79 Å². The minimum absolute atomic E-state index is 0.268. The molecule has 8 heteroatoms. The Morgan fingerprint density at radius 1 is 0.973 bits per heavy atom. The highest BCUT2D eigenvalue weighted by molar-refractivity contribution is 5.92. The second-order valence-electron chi connectivity index (χ2n) is 10.6. The van der Waals surface area contributed by atoms with E-state index in [2.05, 4.69) is 17.6 Å². The van der Waals surface area contributed by atoms with Gasteiger partial charge in [0, 0.05) is 13.1 Å². The first kappa shape index (κ1) is 32.4. The molecule has 0 radical (unpaired) electrons. The van der Waals surface area contributed by atoms with Crippen molar-refractivity contribution < 1.29 is 24.2 Å². The molecule has 3 amide bonds. The molecule has 3 N–H and O–H groups in total. The number of unbranched alkanes of at least 4 members (excludes halogenated alkanes) is 6. The summed E-state index contributed by atoms with van der Waals surface area (Å²) < 4.78 is 5.30. The van der Waals surface area contributed by atoms with Crippen LogP contribution < -0.4 is 10.6 Å². The molecule has 0 aromatic heterocycles. The van der Waals surface area contributed by atoms with E-state index < -0.39 is 36.3 Å². The zero-order valence-electron chi connectivity index (χ0n) is 23.8. The molecule has 0 bridgehead atoms. The topological polar surface area (TPSA) is 108 Å². The van der Waals surface area contributed by atoms with Crippen molar-refractivity contribution in [2.75, 3.05) is 19.7 Å². The smallest absolute Gasteiger partial charge is 0.408 e. The van der Waals surface area contributed by atoms with Gasteiger partial charge in [0.05, 0.1) is 6.61 Å². The molecule has 0 aliphatic rings. The highest BCUT2D eigenvalue weighted by Gasteiger charge is 2.36. The van der Waals surface area contributed by atoms with Crippen LogP contribution in [0.3, 0.4) is 0 Å². The summed E-state index contributed by atoms with van der Waals surface area (Å²) >= 11 is 0. The molecule has 0 spiro atoms. The molecule has 1 aromatic carbocycles. The number of aliphatic hydroxyl groups excluding tert-OH is 1. The first-order chi connectivity index (χ1) is 17.6. The monoisotopic (exact) mass is 519 g/mol. The number of rotatable bonds is 16. The van der Waals surface area contributed by atoms with Crippen LogP contribution in [0.15, 0.2) is 24.3 Å². The largest absolute Gasteiger partial charge is 0.444 e. The third kappa shape index (κ3) is 12.0. The first-order valence-electron chi connectivity index (χ1n) is 13.8. The molecule has 0 saturated heterocycles. The lowest BCUT2D eigenvalue weighted by Crippen LogP contribution is -2.54. The Balaban J connectivity index is 3.30. The number of ether oxygens (including phenoxy) is 1. The molecule has 0 aliphatic heterocycles. The number of nitrogens with zero attached hydrogens (tertiary/aromatic N) is 1. The number of hydrogen-bond acceptors (Lipinski definition) is 5. The minimum Gasteiger partial charge on any atom is -0.444 e. The third-order valence-electron chi connectivity index (χ3n) is 6.08. The fraction of sp³-hybridized carbons (Fsp3) is 0.690. The summed E-state index contributed by atoms with van der Waals surface area (Å²) in [6, 6.07) is 5.41. The molecule has 0 saturated carbocycles. The van der Waals surface area contributed by atoms with E-state index in [0.29, 0.717) is 19.5 Å². The summed E-state index contributed by atoms with van der Waals surface area (Å²) in [5.74, 6) is -0.781. The van der Waals surface area contributed by atoms with Crippen LogP contribution in [-0.4, -0.2) is 59.3 Å². The lowest BCUT2D eigenvalue weighted by molar-refractivity contribution is -0.143. The summed E-state index contributed by atoms with van der Waals surface area (Å²) in [6.45, 7) is 11.5. The van der Waals surface area contributed by atoms with Crippen molar-refractivity contribution in [3.8, 4) is 0 Å². The molecule has 2 unspecified atom stereocenters. The van der Waals surface area contributed by atoms with E-state index in [1.165, 1.54) is 11.3 Å². The molecule has 1 aromatic rings. The summed E-state index contributed by atoms with van der Waals surface area (Å²) in [5, 5.41) is 15.5. The number of amides is 3. The maximum atomic E-state index is 13.8. The van der Waals surface area contributed by atoms with Gasteiger partial charge in [0.1, 0.15) is 17.7 Å². The normalized spacial score (nSPS) is 12.9. The highest BCUT2D eigenvalue weighted by atomic mass is 16.6. The lowest BCUT2D eigenvalue weighted by atomic mass is 9.97. The van der Waals surface area contributed by atoms with E-state index in [0.717, 1.165) is 49.7 Å². The Kier molecular flexibility index (Phi) is 14.9. The average molecular weight is 520 g/mol. The molecule has 37 heavy (non-hydrogen) atoms. The van der Waals surface area contributed by atoms with Gasteiger partial charge in [0.15, 0.2) is 0 Å². The number of aliphatic hydroxyl groups is 1. The SMILES string of the molecule is CCCCCCCCN(C(=O)C(CO)NC(=O)OC(C)(C)C)C(C(=O)NCCCC)c1ccccc1C. The fourth-order valence-electron chi connectivity index (χ4n) is 4.09. The Hall–Kier alpha value is -2.61. The quantitative estimate of drug-likeness (QED) is 0.266. The summed E-state index contributed by atoms with van der Waals surface area (Å²) in [5.41, 5.74) is 0.859. The molecule has 8 nitrogen and oxygen atoms in total. The van der Waals surface area contributed by atoms with Crippen LogP contribution in [0.25, 0.3) is 0 Å². The van der Waals surface area contributed by atoms with Crippen molar-refractivity contribution in [2.45, 2.75) is 111 Å². The predicted octanol–water partition coefficient (Wildman–Crippen LogP) is 5.03. The van der Waals surface area contributed by atoms with Crippen molar-refractivity contribution in [3.63, 3.8) is 0 Å². The van der Waals surface area contributed by atoms with Gasteiger partial charge < -0.3 is 25.4 Å². The second-order valence-corrected chi connectivity index (χ2v) is 10.6. The van der Waals surface area contributed by atoms with Crippen molar-refractivity contribution in [1.82, 2.24) is 15.5 Å². The van der Waals surface area contributed by atoms with E-state index >= 15 is 0 Å². The summed E-state index contributed by atoms with van der Waals surface area (Å²) in [6.07, 6.45) is 7.09. The van der Waals surface area contributed by atoms with Crippen LogP contribution in [0.1, 0.15) is 103 Å². The van der Waals surface area contributed by atoms with Crippen molar-refractivity contribution in [3.05, 3.63) is 35.4 Å². The molecule has 1 rings (SSSR count). The fourth-order valence-corrected chi connectivity index (χ4v) is 4.09. The predicted molar refractivity (Wildman–Crippen MR) is 147 cm³/mol. The highest BCUT2D eigenvalue weighted by Crippen LogP contribution is 2.26. The van der Waals surface area contributed by atoms with Crippen molar-refractivity contribution >= 4 is 17.9 Å². The van der Waals surface area contributed by atoms with Crippen molar-refractivity contribution in [2.24, 2.45) is 0 Å². The van der Waals surface area contributed by atoms with Crippen molar-refractivity contribution in [1.29, 1.82) is 0 Å². The van der Waals surface area contributed by atoms with Gasteiger partial charge in [0.2, 0.25) is 11.8 Å². The van der Waals surface area contributed by atoms with E-state index in [1.54, 1.807) is 20.8 Å². The molecule has 0 fully saturated rings. The van der Waals surface area contributed by atoms with Gasteiger partial charge in [-0.15, -0.1) is 0 Å². The lowest BCUT2D eigenvalue weighted by Gasteiger charge is -2.34. The van der Waals surface area contributed by atoms with Crippen LogP contribution >= 0.6 is 0 Å². The number of nitrogens with one attached hydrogen (secondary N) is 2. The van der Waals surface area contributed by atoms with E-state index in [9.17, 15) is 19.5 Å². The summed E-state index contributed by atoms with van der Waals surface area (Å²) in [4.78, 5) is 41.3. The van der Waals surface area contributed by atoms with Crippen LogP contribution in [0.5, 0.6) is 0 Å². The van der Waals surface area contributed by atoms with Crippen LogP contribution in [0.4, 0.5) is 4.79 Å². The minimum atomic E-state index is -1.23. The van der Waals surface area contributed by atoms with Gasteiger partial charge >= 0.3 is 6.09 Å². The van der Waals surface area contributed by atoms with Gasteiger partial charge in [-0.05, 0) is 51.7 Å². The van der Waals surface area contributed by atoms with E-state index in [4.69, 9.17) is 4.74 Å². The molecule has 0 heterocycles. The zero-order valence-corrected chi connectivity index (χ0v) is 23.8. The van der Waals surface area contributed by atoms with Crippen LogP contribution in [0.2, 0.25) is 0 Å². The van der Waals surface area contributed by atoms with Crippen LogP contribution in [-0.2, 0) is 14.3 Å². The summed E-state index contributed by atoms with van der Waals surface area (Å²) in [7, 11) is 0. The average Bonchev–Trinajstić information content (AvgIpc) is 2.83. The van der Waals surface area contributed by atoms with Gasteiger partial charge in [-0.1, -0.05) is 76.6 Å². The number of alkyl carbamates (subject to hydrolysis) is 1. The first-order valence-corrected chi connectivity index (χ1v) is 13.8. The maximum absolute atomic E-state index is 13.8. The molecule has 0 aliphatic carbocycles. The van der Waals surface area contributed by atoms with Gasteiger partial charge in [0.25, 0.3) is 0 Å². The Labute approximate surface area is 223 Å². The number of benzene rings is 1. The second kappa shape index (κ2) is 17.0. The maximum Gasteiger partial charge on any atom is 0.408 e. The number of hydrogen-bond donors (Lipinski definition) is 3. The molecule has 2 atom stereocenters. The molecular formula is C29H49N3O5. The molecule has 210 valence electrons. The molecular weight excluding hydrogens is 470 g/mol. The Morgan fingerprint density at radius 3 is 2.19 bits per heavy atom. The number of aryl methyl sites for hydroxylation is 1. The standard InChI is InChI=1S/C29H49N3O5/c1-7-9-11-12-13-16-20-32(27(35)24(21-33)31-28(36)37-29(4,5)6)25(26(34)30-19-10-8-2)23-18-15-14-17-22(23)3/h14-15,17-18,24-25,33H,7-13,16,19-21H2,1-6H3,(H,30,34)(H,31,36). The number of carbonyl (C=O) groups excluding carboxylic acids is 3. The van der Waals surface area contributed by atoms with Crippen LogP contribution in [0, 0.1) is 6.92 Å². The van der Waals surface area contributed by atoms with Gasteiger partial charge in [-0.3, -0.25) is 9.59 Å². The Morgan fingerprint density at radius 2 is 1.59 bits per heavy atom. The number of carbonyl (C=O) groups is 3.